The van der Waals surface area contributed by atoms with Crippen LogP contribution in [0.3, 0.4) is 0 Å². The Morgan fingerprint density at radius 3 is 1.40 bits per heavy atom. The number of rotatable bonds is 0. The molecule has 1 aliphatic rings. The van der Waals surface area contributed by atoms with Crippen molar-refractivity contribution < 1.29 is 85.1 Å². The van der Waals surface area contributed by atoms with Gasteiger partial charge in [-0.3, -0.25) is 0 Å². The fourth-order valence-corrected chi connectivity index (χ4v) is 0.373. The van der Waals surface area contributed by atoms with Crippen molar-refractivity contribution >= 4 is 0 Å². The minimum absolute atomic E-state index is 0. The Hall–Kier alpha value is 2.05. The molecule has 1 saturated heterocycles. The molecule has 1 rings (SSSR count). The first-order valence-corrected chi connectivity index (χ1v) is 2.14. The summed E-state index contributed by atoms with van der Waals surface area (Å²) < 4.78 is 8.90. The molecule has 0 unspecified atom stereocenters. The van der Waals surface area contributed by atoms with Crippen LogP contribution in [0, 0.1) is 12.6 Å². The Morgan fingerprint density at radius 1 is 0.900 bits per heavy atom. The first-order chi connectivity index (χ1) is 3.79. The van der Waals surface area contributed by atoms with E-state index in [1.807, 2.05) is 0 Å². The van der Waals surface area contributed by atoms with Gasteiger partial charge in [-0.1, -0.05) is 25.8 Å². The predicted molar refractivity (Wildman–Crippen MR) is 22.3 cm³/mol. The Labute approximate surface area is 109 Å². The van der Waals surface area contributed by atoms with E-state index >= 15 is 0 Å². The molecule has 4 nitrogen and oxygen atoms in total. The van der Waals surface area contributed by atoms with Crippen LogP contribution in [0.4, 0.5) is 0 Å². The Kier molecular flexibility index (Phi) is 11.2. The summed E-state index contributed by atoms with van der Waals surface area (Å²) in [5, 5.41) is 16.9. The van der Waals surface area contributed by atoms with Crippen LogP contribution >= 0.6 is 0 Å². The Bertz CT molecular complexity index is 63.7. The Balaban J connectivity index is 0. The van der Waals surface area contributed by atoms with E-state index in [9.17, 15) is 0 Å². The summed E-state index contributed by atoms with van der Waals surface area (Å²) in [6.45, 7) is -0.127. The second-order valence-electron chi connectivity index (χ2n) is 1.36. The van der Waals surface area contributed by atoms with Crippen LogP contribution in [-0.2, 0) is 74.9 Å². The fourth-order valence-electron chi connectivity index (χ4n) is 0.373. The second kappa shape index (κ2) is 7.68. The van der Waals surface area contributed by atoms with Crippen LogP contribution in [0.15, 0.2) is 0 Å². The molecule has 0 bridgehead atoms. The molecule has 0 aliphatic carbocycles. The van der Waals surface area contributed by atoms with E-state index < -0.39 is 0 Å². The van der Waals surface area contributed by atoms with Crippen molar-refractivity contribution in [2.24, 2.45) is 0 Å². The predicted octanol–water partition coefficient (Wildman–Crippen LogP) is -0.248. The molecule has 2 radical (unpaired) electrons. The average molecular weight is 296 g/mol. The van der Waals surface area contributed by atoms with Gasteiger partial charge in [0.05, 0.1) is 0 Å². The third-order valence-corrected chi connectivity index (χ3v) is 0.725. The van der Waals surface area contributed by atoms with E-state index in [1.165, 1.54) is 0 Å². The molecule has 0 aromatic carbocycles. The molecular weight excluding hydrogens is 290 g/mol. The van der Waals surface area contributed by atoms with Gasteiger partial charge >= 0.3 is 0 Å². The molecule has 2 N–H and O–H groups in total. The number of aliphatic hydroxyl groups is 2. The van der Waals surface area contributed by atoms with Crippen LogP contribution in [0.2, 0.25) is 0 Å². The molecule has 0 spiro atoms. The molecule has 6 heteroatoms. The van der Waals surface area contributed by atoms with Gasteiger partial charge in [0, 0.05) is 65.4 Å². The van der Waals surface area contributed by atoms with Crippen molar-refractivity contribution in [2.75, 3.05) is 13.2 Å². The van der Waals surface area contributed by atoms with Crippen LogP contribution in [0.1, 0.15) is 0 Å². The van der Waals surface area contributed by atoms with Crippen molar-refractivity contribution in [2.45, 2.75) is 0 Å². The molecule has 10 heavy (non-hydrogen) atoms. The molecule has 1 fully saturated rings. The second-order valence-corrected chi connectivity index (χ2v) is 1.36. The van der Waals surface area contributed by atoms with Crippen LogP contribution in [-0.4, -0.2) is 23.4 Å². The molecular formula is C4H6O4Y2-2. The monoisotopic (exact) mass is 296 g/mol. The van der Waals surface area contributed by atoms with E-state index in [2.05, 4.69) is 9.47 Å². The van der Waals surface area contributed by atoms with Crippen molar-refractivity contribution in [3.05, 3.63) is 12.6 Å². The summed E-state index contributed by atoms with van der Waals surface area (Å²) in [6.07, 6.45) is -0.384. The van der Waals surface area contributed by atoms with Gasteiger partial charge in [0.2, 0.25) is 0 Å². The van der Waals surface area contributed by atoms with Gasteiger partial charge in [-0.05, 0) is 0 Å². The molecule has 0 atom stereocenters. The minimum Gasteiger partial charge on any atom is -0.542 e. The van der Waals surface area contributed by atoms with Crippen LogP contribution in [0.25, 0.3) is 0 Å². The minimum atomic E-state index is -0.192. The molecule has 54 valence electrons. The van der Waals surface area contributed by atoms with Gasteiger partial charge in [0.15, 0.2) is 0 Å². The van der Waals surface area contributed by atoms with E-state index in [0.29, 0.717) is 0 Å². The third-order valence-electron chi connectivity index (χ3n) is 0.725. The maximum Gasteiger partial charge on any atom is 0 e. The molecule has 0 aromatic heterocycles. The standard InChI is InChI=1S/C4H6O4.2Y/c5-3-1-7-4(6)2-8-3;;/h5-6H,1-2H2;;/q-2;;. The zero-order chi connectivity index (χ0) is 5.98. The van der Waals surface area contributed by atoms with Crippen molar-refractivity contribution in [3.63, 3.8) is 0 Å². The summed E-state index contributed by atoms with van der Waals surface area (Å²) in [7, 11) is 0. The summed E-state index contributed by atoms with van der Waals surface area (Å²) >= 11 is 0. The van der Waals surface area contributed by atoms with Crippen molar-refractivity contribution in [1.29, 1.82) is 0 Å². The van der Waals surface area contributed by atoms with Crippen LogP contribution in [0.5, 0.6) is 0 Å². The van der Waals surface area contributed by atoms with E-state index in [0.717, 1.165) is 0 Å². The first kappa shape index (κ1) is 14.6. The summed E-state index contributed by atoms with van der Waals surface area (Å²) in [5.41, 5.74) is 0. The van der Waals surface area contributed by atoms with Crippen molar-refractivity contribution in [1.82, 2.24) is 0 Å². The quantitative estimate of drug-likeness (QED) is 0.605. The average Bonchev–Trinajstić information content (AvgIpc) is 1.77. The zero-order valence-corrected chi connectivity index (χ0v) is 11.0. The molecule has 1 heterocycles. The number of aliphatic hydroxyl groups excluding tert-OH is 2. The largest absolute Gasteiger partial charge is 0.542 e. The van der Waals surface area contributed by atoms with Gasteiger partial charge in [-0.25, -0.2) is 0 Å². The van der Waals surface area contributed by atoms with E-state index in [1.54, 1.807) is 0 Å². The van der Waals surface area contributed by atoms with E-state index in [-0.39, 0.29) is 91.2 Å². The van der Waals surface area contributed by atoms with Gasteiger partial charge in [-0.2, -0.15) is 0 Å². The first-order valence-electron chi connectivity index (χ1n) is 2.14. The zero-order valence-electron chi connectivity index (χ0n) is 5.28. The normalized spacial score (nSPS) is 21.0. The van der Waals surface area contributed by atoms with Gasteiger partial charge in [-0.15, -0.1) is 0 Å². The van der Waals surface area contributed by atoms with E-state index in [4.69, 9.17) is 10.2 Å². The summed E-state index contributed by atoms with van der Waals surface area (Å²) in [5.74, 6) is 0. The smallest absolute Gasteiger partial charge is 0 e. The topological polar surface area (TPSA) is 58.9 Å². The maximum atomic E-state index is 8.47. The third kappa shape index (κ3) is 5.67. The molecule has 0 saturated carbocycles. The number of hydrogen-bond acceptors (Lipinski definition) is 4. The van der Waals surface area contributed by atoms with Gasteiger partial charge < -0.3 is 19.7 Å². The number of hydrogen-bond donors (Lipinski definition) is 2. The molecule has 1 aliphatic heterocycles. The molecule has 0 aromatic rings. The van der Waals surface area contributed by atoms with Crippen molar-refractivity contribution in [3.8, 4) is 0 Å². The number of ether oxygens (including phenoxy) is 2. The fraction of sp³-hybridized carbons (Fsp3) is 0.500. The van der Waals surface area contributed by atoms with Gasteiger partial charge in [0.25, 0.3) is 0 Å². The van der Waals surface area contributed by atoms with Crippen LogP contribution < -0.4 is 0 Å². The maximum absolute atomic E-state index is 8.47. The summed E-state index contributed by atoms with van der Waals surface area (Å²) in [6, 6.07) is 0. The molecule has 0 amide bonds. The van der Waals surface area contributed by atoms with Gasteiger partial charge in [0.1, 0.15) is 0 Å². The summed E-state index contributed by atoms with van der Waals surface area (Å²) in [4.78, 5) is 0. The SMILES string of the molecule is O[C-]1CO[C-](O)CO1.[Y].[Y]. The Morgan fingerprint density at radius 2 is 1.20 bits per heavy atom.